The Labute approximate surface area is 115 Å². The molecule has 110 valence electrons. The van der Waals surface area contributed by atoms with E-state index >= 15 is 0 Å². The topological polar surface area (TPSA) is 58.6 Å². The van der Waals surface area contributed by atoms with E-state index in [0.717, 1.165) is 25.9 Å². The monoisotopic (exact) mass is 270 g/mol. The van der Waals surface area contributed by atoms with Gasteiger partial charge in [-0.1, -0.05) is 13.8 Å². The molecule has 1 atom stereocenters. The van der Waals surface area contributed by atoms with Crippen molar-refractivity contribution in [1.82, 2.24) is 10.2 Å². The third-order valence-corrected chi connectivity index (χ3v) is 3.17. The van der Waals surface area contributed by atoms with E-state index in [2.05, 4.69) is 5.32 Å². The van der Waals surface area contributed by atoms with Crippen LogP contribution in [0.5, 0.6) is 0 Å². The molecular weight excluding hydrogens is 244 g/mol. The lowest BCUT2D eigenvalue weighted by atomic mass is 9.97. The number of esters is 1. The second kappa shape index (κ2) is 8.15. The van der Waals surface area contributed by atoms with Gasteiger partial charge in [0.25, 0.3) is 0 Å². The van der Waals surface area contributed by atoms with Gasteiger partial charge in [-0.25, -0.2) is 0 Å². The molecule has 5 heteroatoms. The van der Waals surface area contributed by atoms with Crippen LogP contribution in [0.3, 0.4) is 0 Å². The highest BCUT2D eigenvalue weighted by atomic mass is 16.5. The number of hydrogen-bond acceptors (Lipinski definition) is 4. The minimum absolute atomic E-state index is 0.00178. The number of carbonyl (C=O) groups is 2. The van der Waals surface area contributed by atoms with Crippen molar-refractivity contribution in [3.63, 3.8) is 0 Å². The van der Waals surface area contributed by atoms with Crippen LogP contribution in [0.2, 0.25) is 0 Å². The van der Waals surface area contributed by atoms with E-state index in [9.17, 15) is 9.59 Å². The Hall–Kier alpha value is -1.10. The van der Waals surface area contributed by atoms with Crippen molar-refractivity contribution in [1.29, 1.82) is 0 Å². The number of carbonyl (C=O) groups excluding carboxylic acids is 2. The second-order valence-corrected chi connectivity index (χ2v) is 5.46. The second-order valence-electron chi connectivity index (χ2n) is 5.46. The number of ether oxygens (including phenoxy) is 1. The molecule has 0 unspecified atom stereocenters. The van der Waals surface area contributed by atoms with Crippen LogP contribution in [0.1, 0.15) is 33.6 Å². The zero-order valence-corrected chi connectivity index (χ0v) is 12.3. The van der Waals surface area contributed by atoms with Crippen LogP contribution in [-0.2, 0) is 14.3 Å². The average molecular weight is 270 g/mol. The van der Waals surface area contributed by atoms with Gasteiger partial charge >= 0.3 is 5.97 Å². The van der Waals surface area contributed by atoms with Crippen LogP contribution < -0.4 is 5.32 Å². The fourth-order valence-electron chi connectivity index (χ4n) is 2.36. The number of hydrogen-bond donors (Lipinski definition) is 1. The molecule has 1 rings (SSSR count). The molecule has 1 saturated heterocycles. The normalized spacial score (nSPS) is 19.3. The van der Waals surface area contributed by atoms with Crippen molar-refractivity contribution < 1.29 is 14.3 Å². The first-order valence-electron chi connectivity index (χ1n) is 7.19. The maximum Gasteiger partial charge on any atom is 0.325 e. The maximum absolute atomic E-state index is 12.5. The van der Waals surface area contributed by atoms with Gasteiger partial charge in [-0.3, -0.25) is 9.59 Å². The molecule has 0 aromatic rings. The van der Waals surface area contributed by atoms with Gasteiger partial charge in [0.1, 0.15) is 6.54 Å². The lowest BCUT2D eigenvalue weighted by Gasteiger charge is -2.30. The Kier molecular flexibility index (Phi) is 6.84. The average Bonchev–Trinajstić information content (AvgIpc) is 2.38. The summed E-state index contributed by atoms with van der Waals surface area (Å²) in [7, 11) is 0. The van der Waals surface area contributed by atoms with Gasteiger partial charge in [0, 0.05) is 13.1 Å². The molecule has 0 aromatic heterocycles. The van der Waals surface area contributed by atoms with Crippen LogP contribution in [0.4, 0.5) is 0 Å². The largest absolute Gasteiger partial charge is 0.465 e. The Morgan fingerprint density at radius 3 is 2.68 bits per heavy atom. The Balaban J connectivity index is 2.60. The molecule has 19 heavy (non-hydrogen) atoms. The molecule has 0 aromatic carbocycles. The first-order chi connectivity index (χ1) is 9.04. The van der Waals surface area contributed by atoms with Gasteiger partial charge in [-0.15, -0.1) is 0 Å². The zero-order chi connectivity index (χ0) is 14.3. The summed E-state index contributed by atoms with van der Waals surface area (Å²) < 4.78 is 4.94. The van der Waals surface area contributed by atoms with Gasteiger partial charge in [0.15, 0.2) is 0 Å². The summed E-state index contributed by atoms with van der Waals surface area (Å²) in [4.78, 5) is 25.7. The summed E-state index contributed by atoms with van der Waals surface area (Å²) in [5.74, 6) is 0.103. The predicted octanol–water partition coefficient (Wildman–Crippen LogP) is 1.03. The predicted molar refractivity (Wildman–Crippen MR) is 73.6 cm³/mol. The van der Waals surface area contributed by atoms with Crippen LogP contribution >= 0.6 is 0 Å². The molecule has 0 bridgehead atoms. The van der Waals surface area contributed by atoms with Crippen LogP contribution in [-0.4, -0.2) is 49.6 Å². The lowest BCUT2D eigenvalue weighted by Crippen LogP contribution is -2.46. The lowest BCUT2D eigenvalue weighted by molar-refractivity contribution is -0.150. The van der Waals surface area contributed by atoms with Gasteiger partial charge in [-0.05, 0) is 32.2 Å². The molecule has 1 heterocycles. The quantitative estimate of drug-likeness (QED) is 0.733. The number of nitrogens with one attached hydrogen (secondary N) is 1. The van der Waals surface area contributed by atoms with Crippen molar-refractivity contribution in [2.24, 2.45) is 11.8 Å². The number of piperidine rings is 1. The molecule has 1 fully saturated rings. The Morgan fingerprint density at radius 1 is 1.42 bits per heavy atom. The van der Waals surface area contributed by atoms with E-state index < -0.39 is 0 Å². The number of amides is 1. The molecule has 5 nitrogen and oxygen atoms in total. The molecule has 1 N–H and O–H groups in total. The van der Waals surface area contributed by atoms with E-state index in [1.54, 1.807) is 11.8 Å². The molecule has 0 radical (unpaired) electrons. The highest BCUT2D eigenvalue weighted by Crippen LogP contribution is 2.14. The van der Waals surface area contributed by atoms with Crippen molar-refractivity contribution in [2.45, 2.75) is 33.6 Å². The Morgan fingerprint density at radius 2 is 2.16 bits per heavy atom. The minimum atomic E-state index is -0.319. The van der Waals surface area contributed by atoms with Gasteiger partial charge in [0.05, 0.1) is 12.5 Å². The number of nitrogens with zero attached hydrogens (tertiary/aromatic N) is 1. The highest BCUT2D eigenvalue weighted by molar-refractivity contribution is 5.84. The van der Waals surface area contributed by atoms with E-state index in [4.69, 9.17) is 4.74 Å². The summed E-state index contributed by atoms with van der Waals surface area (Å²) >= 11 is 0. The summed E-state index contributed by atoms with van der Waals surface area (Å²) in [6.45, 7) is 8.60. The molecule has 0 spiro atoms. The van der Waals surface area contributed by atoms with E-state index in [1.165, 1.54) is 0 Å². The molecule has 1 aliphatic heterocycles. The fraction of sp³-hybridized carbons (Fsp3) is 0.857. The van der Waals surface area contributed by atoms with Crippen molar-refractivity contribution in [3.8, 4) is 0 Å². The van der Waals surface area contributed by atoms with Crippen LogP contribution in [0.15, 0.2) is 0 Å². The standard InChI is InChI=1S/C14H26N2O3/c1-4-19-13(17)10-16(9-11(2)3)14(18)12-6-5-7-15-8-12/h11-12,15H,4-10H2,1-3H3/t12-/m0/s1. The van der Waals surface area contributed by atoms with Gasteiger partial charge < -0.3 is 15.0 Å². The van der Waals surface area contributed by atoms with E-state index in [1.807, 2.05) is 13.8 Å². The molecule has 1 amide bonds. The van der Waals surface area contributed by atoms with Crippen LogP contribution in [0, 0.1) is 11.8 Å². The van der Waals surface area contributed by atoms with E-state index in [-0.39, 0.29) is 24.3 Å². The third kappa shape index (κ3) is 5.59. The summed E-state index contributed by atoms with van der Waals surface area (Å²) in [6, 6.07) is 0. The summed E-state index contributed by atoms with van der Waals surface area (Å²) in [6.07, 6.45) is 1.93. The van der Waals surface area contributed by atoms with Crippen LogP contribution in [0.25, 0.3) is 0 Å². The van der Waals surface area contributed by atoms with Gasteiger partial charge in [0.2, 0.25) is 5.91 Å². The van der Waals surface area contributed by atoms with Crippen molar-refractivity contribution in [3.05, 3.63) is 0 Å². The fourth-order valence-corrected chi connectivity index (χ4v) is 2.36. The number of rotatable bonds is 6. The van der Waals surface area contributed by atoms with E-state index in [0.29, 0.717) is 19.1 Å². The third-order valence-electron chi connectivity index (χ3n) is 3.17. The molecule has 0 saturated carbocycles. The summed E-state index contributed by atoms with van der Waals surface area (Å²) in [5, 5.41) is 3.24. The first-order valence-corrected chi connectivity index (χ1v) is 7.19. The molecule has 0 aliphatic carbocycles. The van der Waals surface area contributed by atoms with Crippen molar-refractivity contribution >= 4 is 11.9 Å². The first kappa shape index (κ1) is 16.0. The molecule has 1 aliphatic rings. The molecular formula is C14H26N2O3. The minimum Gasteiger partial charge on any atom is -0.465 e. The summed E-state index contributed by atoms with van der Waals surface area (Å²) in [5.41, 5.74) is 0. The van der Waals surface area contributed by atoms with Gasteiger partial charge in [-0.2, -0.15) is 0 Å². The Bertz CT molecular complexity index is 299. The highest BCUT2D eigenvalue weighted by Gasteiger charge is 2.27. The smallest absolute Gasteiger partial charge is 0.325 e. The zero-order valence-electron chi connectivity index (χ0n) is 12.3. The van der Waals surface area contributed by atoms with Crippen molar-refractivity contribution in [2.75, 3.05) is 32.8 Å². The SMILES string of the molecule is CCOC(=O)CN(CC(C)C)C(=O)[C@H]1CCCNC1. The maximum atomic E-state index is 12.5.